The summed E-state index contributed by atoms with van der Waals surface area (Å²) in [5, 5.41) is 13.4. The van der Waals surface area contributed by atoms with E-state index < -0.39 is 0 Å². The number of rotatable bonds is 6. The summed E-state index contributed by atoms with van der Waals surface area (Å²) >= 11 is 0. The number of piperazine rings is 1. The number of benzene rings is 3. The average molecular weight is 441 g/mol. The number of aromatic nitrogens is 2. The average Bonchev–Trinajstić information content (AvgIpc) is 2.85. The van der Waals surface area contributed by atoms with Gasteiger partial charge in [0.25, 0.3) is 0 Å². The zero-order chi connectivity index (χ0) is 22.6. The van der Waals surface area contributed by atoms with Crippen LogP contribution in [0.4, 0.5) is 23.0 Å². The van der Waals surface area contributed by atoms with Crippen molar-refractivity contribution in [1.29, 1.82) is 0 Å². The highest BCUT2D eigenvalue weighted by Gasteiger charge is 2.16. The number of aliphatic hydroxyl groups excluding tert-OH is 1. The Morgan fingerprint density at radius 3 is 2.48 bits per heavy atom. The van der Waals surface area contributed by atoms with Crippen LogP contribution in [0.5, 0.6) is 0 Å². The predicted octanol–water partition coefficient (Wildman–Crippen LogP) is 3.74. The number of nitrogens with zero attached hydrogens (tertiary/aromatic N) is 4. The molecule has 0 saturated carbocycles. The molecule has 0 amide bonds. The van der Waals surface area contributed by atoms with Crippen molar-refractivity contribution >= 4 is 33.9 Å². The van der Waals surface area contributed by atoms with Crippen LogP contribution in [0, 0.1) is 0 Å². The van der Waals surface area contributed by atoms with E-state index in [9.17, 15) is 0 Å². The Labute approximate surface area is 193 Å². The summed E-state index contributed by atoms with van der Waals surface area (Å²) in [4.78, 5) is 14.0. The monoisotopic (exact) mass is 440 g/mol. The number of hydrogen-bond donors (Lipinski definition) is 3. The highest BCUT2D eigenvalue weighted by molar-refractivity contribution is 5.94. The minimum atomic E-state index is 0.220. The van der Waals surface area contributed by atoms with Gasteiger partial charge in [-0.05, 0) is 42.0 Å². The molecule has 0 spiro atoms. The van der Waals surface area contributed by atoms with Crippen LogP contribution < -0.4 is 16.0 Å². The van der Waals surface area contributed by atoms with Crippen LogP contribution in [-0.2, 0) is 0 Å². The molecule has 2 heterocycles. The maximum atomic E-state index is 9.12. The van der Waals surface area contributed by atoms with E-state index in [2.05, 4.69) is 50.4 Å². The fourth-order valence-electron chi connectivity index (χ4n) is 4.31. The number of anilines is 4. The smallest absolute Gasteiger partial charge is 0.227 e. The van der Waals surface area contributed by atoms with E-state index in [1.807, 2.05) is 42.6 Å². The first-order valence-electron chi connectivity index (χ1n) is 11.3. The van der Waals surface area contributed by atoms with Crippen LogP contribution in [-0.4, -0.2) is 59.3 Å². The van der Waals surface area contributed by atoms with Crippen LogP contribution in [0.25, 0.3) is 22.0 Å². The van der Waals surface area contributed by atoms with Gasteiger partial charge in [0.2, 0.25) is 5.95 Å². The molecule has 1 aliphatic heterocycles. The van der Waals surface area contributed by atoms with Crippen molar-refractivity contribution < 1.29 is 5.11 Å². The second kappa shape index (κ2) is 9.44. The minimum Gasteiger partial charge on any atom is -0.399 e. The molecule has 7 heteroatoms. The second-order valence-corrected chi connectivity index (χ2v) is 8.29. The second-order valence-electron chi connectivity index (χ2n) is 8.29. The summed E-state index contributed by atoms with van der Waals surface area (Å²) in [5.41, 5.74) is 11.8. The lowest BCUT2D eigenvalue weighted by molar-refractivity contribution is 0.189. The van der Waals surface area contributed by atoms with E-state index in [1.165, 1.54) is 5.69 Å². The van der Waals surface area contributed by atoms with Gasteiger partial charge in [-0.15, -0.1) is 0 Å². The lowest BCUT2D eigenvalue weighted by Crippen LogP contribution is -2.47. The van der Waals surface area contributed by atoms with E-state index in [4.69, 9.17) is 15.8 Å². The standard InChI is InChI=1S/C26H28N6O/c27-21-5-1-3-19(17-21)24-6-2-4-20-18-28-26(30-25(20)24)29-22-7-9-23(10-8-22)32-13-11-31(12-14-32)15-16-33/h1-10,17-18,33H,11-16,27H2,(H,28,29,30). The molecule has 5 rings (SSSR count). The molecule has 1 aromatic heterocycles. The van der Waals surface area contributed by atoms with Gasteiger partial charge in [0.15, 0.2) is 0 Å². The van der Waals surface area contributed by atoms with Gasteiger partial charge in [-0.3, -0.25) is 4.90 Å². The summed E-state index contributed by atoms with van der Waals surface area (Å²) in [6, 6.07) is 22.3. The number of hydrogen-bond acceptors (Lipinski definition) is 7. The lowest BCUT2D eigenvalue weighted by Gasteiger charge is -2.35. The quantitative estimate of drug-likeness (QED) is 0.394. The molecule has 1 aliphatic rings. The number of nitrogens with one attached hydrogen (secondary N) is 1. The van der Waals surface area contributed by atoms with Gasteiger partial charge in [0.1, 0.15) is 0 Å². The van der Waals surface area contributed by atoms with Gasteiger partial charge in [0, 0.05) is 66.9 Å². The van der Waals surface area contributed by atoms with Crippen molar-refractivity contribution in [2.45, 2.75) is 0 Å². The van der Waals surface area contributed by atoms with Gasteiger partial charge >= 0.3 is 0 Å². The van der Waals surface area contributed by atoms with Crippen molar-refractivity contribution in [3.63, 3.8) is 0 Å². The molecule has 1 saturated heterocycles. The first-order valence-corrected chi connectivity index (χ1v) is 11.3. The summed E-state index contributed by atoms with van der Waals surface area (Å²) < 4.78 is 0. The third-order valence-corrected chi connectivity index (χ3v) is 6.09. The summed E-state index contributed by atoms with van der Waals surface area (Å²) in [5.74, 6) is 0.559. The largest absolute Gasteiger partial charge is 0.399 e. The Morgan fingerprint density at radius 2 is 1.73 bits per heavy atom. The molecular weight excluding hydrogens is 412 g/mol. The number of β-amino-alcohol motifs (C(OH)–C–C–N with tert-alkyl or cyclic N) is 1. The van der Waals surface area contributed by atoms with Crippen molar-refractivity contribution in [2.24, 2.45) is 0 Å². The number of aliphatic hydroxyl groups is 1. The molecule has 0 bridgehead atoms. The molecule has 0 aliphatic carbocycles. The van der Waals surface area contributed by atoms with Crippen LogP contribution in [0.2, 0.25) is 0 Å². The maximum absolute atomic E-state index is 9.12. The van der Waals surface area contributed by atoms with Gasteiger partial charge < -0.3 is 21.1 Å². The fraction of sp³-hybridized carbons (Fsp3) is 0.231. The van der Waals surface area contributed by atoms with Crippen molar-refractivity contribution in [3.05, 3.63) is 72.9 Å². The number of para-hydroxylation sites is 1. The Morgan fingerprint density at radius 1 is 0.939 bits per heavy atom. The van der Waals surface area contributed by atoms with Crippen LogP contribution in [0.15, 0.2) is 72.9 Å². The molecule has 0 atom stereocenters. The van der Waals surface area contributed by atoms with E-state index in [0.29, 0.717) is 5.95 Å². The van der Waals surface area contributed by atoms with Gasteiger partial charge in [-0.25, -0.2) is 9.97 Å². The molecule has 4 aromatic rings. The number of fused-ring (bicyclic) bond motifs is 1. The summed E-state index contributed by atoms with van der Waals surface area (Å²) in [6.45, 7) is 4.85. The SMILES string of the molecule is Nc1cccc(-c2cccc3cnc(Nc4ccc(N5CCN(CCO)CC5)cc4)nc23)c1. The highest BCUT2D eigenvalue weighted by atomic mass is 16.3. The van der Waals surface area contributed by atoms with Crippen LogP contribution in [0.3, 0.4) is 0 Å². The van der Waals surface area contributed by atoms with Crippen molar-refractivity contribution in [1.82, 2.24) is 14.9 Å². The minimum absolute atomic E-state index is 0.220. The number of nitrogen functional groups attached to an aromatic ring is 1. The van der Waals surface area contributed by atoms with E-state index >= 15 is 0 Å². The van der Waals surface area contributed by atoms with Crippen LogP contribution >= 0.6 is 0 Å². The molecule has 0 unspecified atom stereocenters. The molecule has 3 aromatic carbocycles. The van der Waals surface area contributed by atoms with E-state index in [1.54, 1.807) is 0 Å². The molecule has 7 nitrogen and oxygen atoms in total. The van der Waals surface area contributed by atoms with Crippen molar-refractivity contribution in [2.75, 3.05) is 55.3 Å². The fourth-order valence-corrected chi connectivity index (χ4v) is 4.31. The molecule has 4 N–H and O–H groups in total. The molecule has 168 valence electrons. The third kappa shape index (κ3) is 4.74. The predicted molar refractivity (Wildman–Crippen MR) is 135 cm³/mol. The lowest BCUT2D eigenvalue weighted by atomic mass is 10.0. The Bertz CT molecular complexity index is 1240. The van der Waals surface area contributed by atoms with Gasteiger partial charge in [-0.1, -0.05) is 30.3 Å². The zero-order valence-electron chi connectivity index (χ0n) is 18.5. The third-order valence-electron chi connectivity index (χ3n) is 6.09. The van der Waals surface area contributed by atoms with Gasteiger partial charge in [0.05, 0.1) is 12.1 Å². The first kappa shape index (κ1) is 21.2. The maximum Gasteiger partial charge on any atom is 0.227 e. The van der Waals surface area contributed by atoms with Gasteiger partial charge in [-0.2, -0.15) is 0 Å². The molecule has 1 fully saturated rings. The first-order chi connectivity index (χ1) is 16.2. The van der Waals surface area contributed by atoms with Crippen LogP contribution in [0.1, 0.15) is 0 Å². The topological polar surface area (TPSA) is 90.5 Å². The summed E-state index contributed by atoms with van der Waals surface area (Å²) in [6.07, 6.45) is 1.85. The molecule has 0 radical (unpaired) electrons. The Hall–Kier alpha value is -3.68. The Kier molecular flexibility index (Phi) is 6.06. The van der Waals surface area contributed by atoms with Crippen molar-refractivity contribution in [3.8, 4) is 11.1 Å². The number of nitrogens with two attached hydrogens (primary N) is 1. The normalized spacial score (nSPS) is 14.5. The van der Waals surface area contributed by atoms with E-state index in [0.717, 1.165) is 66.1 Å². The Balaban J connectivity index is 1.34. The molecular formula is C26H28N6O. The summed E-state index contributed by atoms with van der Waals surface area (Å²) in [7, 11) is 0. The van der Waals surface area contributed by atoms with E-state index in [-0.39, 0.29) is 6.61 Å². The zero-order valence-corrected chi connectivity index (χ0v) is 18.5. The molecule has 33 heavy (non-hydrogen) atoms. The highest BCUT2D eigenvalue weighted by Crippen LogP contribution is 2.29.